The van der Waals surface area contributed by atoms with Crippen LogP contribution in [0.25, 0.3) is 5.69 Å². The molecule has 0 fully saturated rings. The van der Waals surface area contributed by atoms with Gasteiger partial charge < -0.3 is 15.8 Å². The minimum absolute atomic E-state index is 0.132. The molecule has 0 spiro atoms. The smallest absolute Gasteiger partial charge is 0.265 e. The van der Waals surface area contributed by atoms with Crippen LogP contribution in [0.1, 0.15) is 35.1 Å². The largest absolute Gasteiger partial charge is 0.494 e. The lowest BCUT2D eigenvalue weighted by atomic mass is 10.1. The Balaban J connectivity index is 1.84. The van der Waals surface area contributed by atoms with Gasteiger partial charge in [0.25, 0.3) is 5.91 Å². The predicted molar refractivity (Wildman–Crippen MR) is 112 cm³/mol. The van der Waals surface area contributed by atoms with Crippen LogP contribution < -0.4 is 15.8 Å². The van der Waals surface area contributed by atoms with Gasteiger partial charge in [0.15, 0.2) is 3.95 Å². The van der Waals surface area contributed by atoms with Crippen molar-refractivity contribution in [3.63, 3.8) is 0 Å². The van der Waals surface area contributed by atoms with Crippen LogP contribution in [0, 0.1) is 3.95 Å². The fourth-order valence-electron chi connectivity index (χ4n) is 2.74. The number of carbonyl (C=O) groups excluding carboxylic acids is 1. The van der Waals surface area contributed by atoms with E-state index in [0.29, 0.717) is 21.3 Å². The maximum absolute atomic E-state index is 12.7. The number of amides is 1. The number of nitrogens with zero attached hydrogens (tertiary/aromatic N) is 1. The van der Waals surface area contributed by atoms with E-state index < -0.39 is 0 Å². The molecule has 1 atom stereocenters. The summed E-state index contributed by atoms with van der Waals surface area (Å²) in [5.74, 6) is 0.882. The van der Waals surface area contributed by atoms with E-state index in [4.69, 9.17) is 22.7 Å². The first-order valence-corrected chi connectivity index (χ1v) is 9.84. The van der Waals surface area contributed by atoms with Crippen LogP contribution in [0.2, 0.25) is 0 Å². The second-order valence-electron chi connectivity index (χ2n) is 5.95. The summed E-state index contributed by atoms with van der Waals surface area (Å²) in [6.45, 7) is 4.47. The second-order valence-corrected chi connectivity index (χ2v) is 7.59. The van der Waals surface area contributed by atoms with Crippen molar-refractivity contribution in [3.8, 4) is 11.4 Å². The van der Waals surface area contributed by atoms with Crippen LogP contribution in [-0.4, -0.2) is 17.1 Å². The molecule has 1 amide bonds. The maximum atomic E-state index is 12.7. The SMILES string of the molecule is CCOc1ccc(-n2c(N)c(C(=O)NC(C)c3ccccc3)sc2=S)cc1. The Bertz CT molecular complexity index is 979. The third kappa shape index (κ3) is 4.20. The topological polar surface area (TPSA) is 69.3 Å². The van der Waals surface area contributed by atoms with Gasteiger partial charge >= 0.3 is 0 Å². The molecule has 5 nitrogen and oxygen atoms in total. The number of benzene rings is 2. The molecule has 7 heteroatoms. The van der Waals surface area contributed by atoms with Crippen molar-refractivity contribution in [3.05, 3.63) is 69.0 Å². The van der Waals surface area contributed by atoms with Gasteiger partial charge in [0.2, 0.25) is 0 Å². The predicted octanol–water partition coefficient (Wildman–Crippen LogP) is 4.74. The summed E-state index contributed by atoms with van der Waals surface area (Å²) in [5.41, 5.74) is 8.09. The normalized spacial score (nSPS) is 11.8. The molecule has 0 aliphatic carbocycles. The van der Waals surface area contributed by atoms with Crippen LogP contribution in [0.15, 0.2) is 54.6 Å². The van der Waals surface area contributed by atoms with Gasteiger partial charge in [-0.2, -0.15) is 0 Å². The van der Waals surface area contributed by atoms with Gasteiger partial charge in [-0.05, 0) is 55.9 Å². The van der Waals surface area contributed by atoms with Gasteiger partial charge in [0.1, 0.15) is 16.4 Å². The Morgan fingerprint density at radius 3 is 2.52 bits per heavy atom. The molecule has 27 heavy (non-hydrogen) atoms. The Morgan fingerprint density at radius 2 is 1.89 bits per heavy atom. The highest BCUT2D eigenvalue weighted by molar-refractivity contribution is 7.73. The zero-order valence-corrected chi connectivity index (χ0v) is 16.8. The van der Waals surface area contributed by atoms with Crippen LogP contribution in [0.3, 0.4) is 0 Å². The van der Waals surface area contributed by atoms with E-state index in [1.54, 1.807) is 4.57 Å². The zero-order valence-electron chi connectivity index (χ0n) is 15.1. The van der Waals surface area contributed by atoms with Crippen LogP contribution in [0.5, 0.6) is 5.75 Å². The molecule has 2 aromatic carbocycles. The number of carbonyl (C=O) groups is 1. The van der Waals surface area contributed by atoms with E-state index in [1.807, 2.05) is 68.4 Å². The van der Waals surface area contributed by atoms with E-state index >= 15 is 0 Å². The Morgan fingerprint density at radius 1 is 1.22 bits per heavy atom. The van der Waals surface area contributed by atoms with E-state index in [-0.39, 0.29) is 11.9 Å². The number of hydrogen-bond acceptors (Lipinski definition) is 5. The first kappa shape index (κ1) is 19.1. The lowest BCUT2D eigenvalue weighted by molar-refractivity contribution is 0.0944. The number of nitrogens with two attached hydrogens (primary N) is 1. The number of nitrogen functional groups attached to an aromatic ring is 1. The van der Waals surface area contributed by atoms with E-state index in [9.17, 15) is 4.79 Å². The van der Waals surface area contributed by atoms with Gasteiger partial charge in [-0.15, -0.1) is 0 Å². The third-order valence-electron chi connectivity index (χ3n) is 4.10. The van der Waals surface area contributed by atoms with Crippen molar-refractivity contribution in [2.24, 2.45) is 0 Å². The highest BCUT2D eigenvalue weighted by Crippen LogP contribution is 2.28. The molecule has 0 saturated carbocycles. The van der Waals surface area contributed by atoms with Crippen molar-refractivity contribution in [2.75, 3.05) is 12.3 Å². The Kier molecular flexibility index (Phi) is 5.93. The highest BCUT2D eigenvalue weighted by atomic mass is 32.1. The number of thiazole rings is 1. The fraction of sp³-hybridized carbons (Fsp3) is 0.200. The molecule has 0 aliphatic rings. The number of rotatable bonds is 6. The summed E-state index contributed by atoms with van der Waals surface area (Å²) in [4.78, 5) is 13.1. The van der Waals surface area contributed by atoms with Gasteiger partial charge in [0.05, 0.1) is 12.6 Å². The molecule has 140 valence electrons. The van der Waals surface area contributed by atoms with Crippen molar-refractivity contribution in [1.82, 2.24) is 9.88 Å². The summed E-state index contributed by atoms with van der Waals surface area (Å²) in [5, 5.41) is 2.98. The first-order valence-electron chi connectivity index (χ1n) is 8.61. The van der Waals surface area contributed by atoms with Crippen molar-refractivity contribution < 1.29 is 9.53 Å². The summed E-state index contributed by atoms with van der Waals surface area (Å²) < 4.78 is 7.69. The molecule has 0 saturated heterocycles. The first-order chi connectivity index (χ1) is 13.0. The quantitative estimate of drug-likeness (QED) is 0.588. The number of hydrogen-bond donors (Lipinski definition) is 2. The van der Waals surface area contributed by atoms with Crippen LogP contribution in [-0.2, 0) is 0 Å². The summed E-state index contributed by atoms with van der Waals surface area (Å²) in [7, 11) is 0. The average molecular weight is 400 g/mol. The molecule has 0 aliphatic heterocycles. The molecule has 0 bridgehead atoms. The second kappa shape index (κ2) is 8.37. The lowest BCUT2D eigenvalue weighted by Gasteiger charge is -2.14. The van der Waals surface area contributed by atoms with Crippen molar-refractivity contribution in [1.29, 1.82) is 0 Å². The number of anilines is 1. The van der Waals surface area contributed by atoms with Gasteiger partial charge in [0, 0.05) is 5.69 Å². The van der Waals surface area contributed by atoms with Gasteiger partial charge in [-0.1, -0.05) is 41.7 Å². The van der Waals surface area contributed by atoms with E-state index in [1.165, 1.54) is 11.3 Å². The van der Waals surface area contributed by atoms with Crippen LogP contribution in [0.4, 0.5) is 5.82 Å². The third-order valence-corrected chi connectivity index (χ3v) is 5.49. The molecule has 1 heterocycles. The minimum atomic E-state index is -0.232. The number of aromatic nitrogens is 1. The average Bonchev–Trinajstić information content (AvgIpc) is 2.98. The van der Waals surface area contributed by atoms with Crippen molar-refractivity contribution >= 4 is 35.3 Å². The van der Waals surface area contributed by atoms with Crippen molar-refractivity contribution in [2.45, 2.75) is 19.9 Å². The molecule has 1 unspecified atom stereocenters. The highest BCUT2D eigenvalue weighted by Gasteiger charge is 2.20. The Hall–Kier alpha value is -2.64. The van der Waals surface area contributed by atoms with Crippen LogP contribution >= 0.6 is 23.6 Å². The van der Waals surface area contributed by atoms with E-state index in [0.717, 1.165) is 17.0 Å². The molecular formula is C20H21N3O2S2. The number of nitrogens with one attached hydrogen (secondary N) is 1. The molecule has 3 aromatic rings. The molecular weight excluding hydrogens is 378 g/mol. The van der Waals surface area contributed by atoms with Gasteiger partial charge in [-0.25, -0.2) is 0 Å². The summed E-state index contributed by atoms with van der Waals surface area (Å²) in [6, 6.07) is 17.1. The maximum Gasteiger partial charge on any atom is 0.265 e. The molecule has 3 N–H and O–H groups in total. The fourth-order valence-corrected chi connectivity index (χ4v) is 4.01. The molecule has 1 aromatic heterocycles. The summed E-state index contributed by atoms with van der Waals surface area (Å²) in [6.07, 6.45) is 0. The molecule has 3 rings (SSSR count). The zero-order chi connectivity index (χ0) is 19.4. The Labute approximate surface area is 167 Å². The summed E-state index contributed by atoms with van der Waals surface area (Å²) >= 11 is 6.65. The standard InChI is InChI=1S/C20H21N3O2S2/c1-3-25-16-11-9-15(10-12-16)23-18(21)17(27-20(23)26)19(24)22-13(2)14-7-5-4-6-8-14/h4-13H,3,21H2,1-2H3,(H,22,24). The number of ether oxygens (including phenoxy) is 1. The monoisotopic (exact) mass is 399 g/mol. The van der Waals surface area contributed by atoms with E-state index in [2.05, 4.69) is 5.32 Å². The minimum Gasteiger partial charge on any atom is -0.494 e. The lowest BCUT2D eigenvalue weighted by Crippen LogP contribution is -2.26. The molecule has 0 radical (unpaired) electrons. The van der Waals surface area contributed by atoms with Gasteiger partial charge in [-0.3, -0.25) is 9.36 Å².